The van der Waals surface area contributed by atoms with E-state index in [-0.39, 0.29) is 11.8 Å². The Morgan fingerprint density at radius 2 is 1.66 bits per heavy atom. The maximum atomic E-state index is 13.4. The monoisotopic (exact) mass is 431 g/mol. The minimum Gasteiger partial charge on any atom is -0.371 e. The maximum absolute atomic E-state index is 13.4. The molecule has 2 aliphatic heterocycles. The predicted molar refractivity (Wildman–Crippen MR) is 131 cm³/mol. The lowest BCUT2D eigenvalue weighted by Gasteiger charge is -2.35. The normalized spacial score (nSPS) is 17.5. The number of carbonyl (C=O) groups is 2. The van der Waals surface area contributed by atoms with E-state index in [0.29, 0.717) is 11.3 Å². The number of rotatable bonds is 5. The minimum atomic E-state index is -0.204. The van der Waals surface area contributed by atoms with E-state index in [1.165, 1.54) is 12.5 Å². The number of benzene rings is 2. The van der Waals surface area contributed by atoms with Gasteiger partial charge in [0.1, 0.15) is 0 Å². The summed E-state index contributed by atoms with van der Waals surface area (Å²) in [5, 5.41) is 2.93. The van der Waals surface area contributed by atoms with E-state index in [2.05, 4.69) is 17.1 Å². The highest BCUT2D eigenvalue weighted by molar-refractivity contribution is 6.05. The predicted octanol–water partition coefficient (Wildman–Crippen LogP) is 5.20. The molecule has 168 valence electrons. The zero-order valence-electron chi connectivity index (χ0n) is 18.9. The molecular weight excluding hydrogens is 398 g/mol. The Hall–Kier alpha value is -3.08. The maximum Gasteiger partial charge on any atom is 0.256 e. The summed E-state index contributed by atoms with van der Waals surface area (Å²) in [7, 11) is 0. The van der Waals surface area contributed by atoms with Gasteiger partial charge in [0.25, 0.3) is 5.91 Å². The number of likely N-dealkylation sites (tertiary alicyclic amines) is 1. The van der Waals surface area contributed by atoms with Crippen molar-refractivity contribution in [2.24, 2.45) is 5.92 Å². The average molecular weight is 432 g/mol. The van der Waals surface area contributed by atoms with Crippen LogP contribution in [0.4, 0.5) is 11.4 Å². The van der Waals surface area contributed by atoms with Gasteiger partial charge in [0.05, 0.1) is 5.56 Å². The fourth-order valence-corrected chi connectivity index (χ4v) is 4.50. The van der Waals surface area contributed by atoms with Gasteiger partial charge in [-0.25, -0.2) is 0 Å². The number of nitrogens with one attached hydrogen (secondary N) is 1. The second kappa shape index (κ2) is 10.5. The van der Waals surface area contributed by atoms with E-state index in [0.717, 1.165) is 69.0 Å². The van der Waals surface area contributed by atoms with Crippen LogP contribution in [0, 0.1) is 5.92 Å². The lowest BCUT2D eigenvalue weighted by atomic mass is 9.97. The number of anilines is 2. The van der Waals surface area contributed by atoms with Gasteiger partial charge in [-0.05, 0) is 67.9 Å². The van der Waals surface area contributed by atoms with Gasteiger partial charge < -0.3 is 15.1 Å². The Bertz CT molecular complexity index is 956. The number of hydrogen-bond acceptors (Lipinski definition) is 3. The summed E-state index contributed by atoms with van der Waals surface area (Å²) in [4.78, 5) is 30.2. The highest BCUT2D eigenvalue weighted by Gasteiger charge is 2.25. The molecule has 2 aromatic carbocycles. The van der Waals surface area contributed by atoms with Crippen molar-refractivity contribution in [1.82, 2.24) is 4.90 Å². The van der Waals surface area contributed by atoms with E-state index < -0.39 is 0 Å². The van der Waals surface area contributed by atoms with E-state index in [1.54, 1.807) is 6.08 Å². The SMILES string of the molecule is CC1CCN(c2ccc(NC(=O)C=Cc3ccccc3)cc2C(=O)N2CCCCC2)CC1. The highest BCUT2D eigenvalue weighted by Crippen LogP contribution is 2.30. The van der Waals surface area contributed by atoms with Gasteiger partial charge in [-0.3, -0.25) is 9.59 Å². The van der Waals surface area contributed by atoms with E-state index in [9.17, 15) is 9.59 Å². The molecule has 5 heteroatoms. The van der Waals surface area contributed by atoms with Crippen LogP contribution in [-0.2, 0) is 4.79 Å². The van der Waals surface area contributed by atoms with Crippen LogP contribution in [0.2, 0.25) is 0 Å². The molecule has 0 atom stereocenters. The Balaban J connectivity index is 1.55. The molecule has 2 fully saturated rings. The van der Waals surface area contributed by atoms with Crippen LogP contribution in [0.3, 0.4) is 0 Å². The van der Waals surface area contributed by atoms with Crippen LogP contribution in [0.1, 0.15) is 54.9 Å². The standard InChI is InChI=1S/C27H33N3O2/c1-21-14-18-29(19-15-21)25-12-11-23(20-24(25)27(32)30-16-6-3-7-17-30)28-26(31)13-10-22-8-4-2-5-9-22/h2,4-5,8-13,20-21H,3,6-7,14-19H2,1H3,(H,28,31). The van der Waals surface area contributed by atoms with Gasteiger partial charge in [-0.2, -0.15) is 0 Å². The number of piperidine rings is 2. The summed E-state index contributed by atoms with van der Waals surface area (Å²) in [6.45, 7) is 5.84. The summed E-state index contributed by atoms with van der Waals surface area (Å²) >= 11 is 0. The molecule has 32 heavy (non-hydrogen) atoms. The Morgan fingerprint density at radius 3 is 2.38 bits per heavy atom. The van der Waals surface area contributed by atoms with E-state index in [4.69, 9.17) is 0 Å². The lowest BCUT2D eigenvalue weighted by Crippen LogP contribution is -2.38. The molecule has 0 spiro atoms. The average Bonchev–Trinajstić information content (AvgIpc) is 2.84. The number of amides is 2. The van der Waals surface area contributed by atoms with Crippen LogP contribution >= 0.6 is 0 Å². The first-order valence-corrected chi connectivity index (χ1v) is 11.8. The molecule has 2 aromatic rings. The Morgan fingerprint density at radius 1 is 0.938 bits per heavy atom. The minimum absolute atomic E-state index is 0.0780. The van der Waals surface area contributed by atoms with Crippen LogP contribution in [0.15, 0.2) is 54.6 Å². The molecule has 0 bridgehead atoms. The summed E-state index contributed by atoms with van der Waals surface area (Å²) < 4.78 is 0. The molecule has 2 amide bonds. The Kier molecular flexibility index (Phi) is 7.25. The van der Waals surface area contributed by atoms with Gasteiger partial charge in [-0.1, -0.05) is 37.3 Å². The van der Waals surface area contributed by atoms with Crippen LogP contribution in [0.5, 0.6) is 0 Å². The molecule has 0 aromatic heterocycles. The third-order valence-electron chi connectivity index (χ3n) is 6.49. The zero-order valence-corrected chi connectivity index (χ0v) is 18.9. The number of nitrogens with zero attached hydrogens (tertiary/aromatic N) is 2. The third-order valence-corrected chi connectivity index (χ3v) is 6.49. The van der Waals surface area contributed by atoms with Gasteiger partial charge in [0.2, 0.25) is 5.91 Å². The van der Waals surface area contributed by atoms with Crippen molar-refractivity contribution in [3.8, 4) is 0 Å². The second-order valence-electron chi connectivity index (χ2n) is 8.99. The molecule has 2 saturated heterocycles. The lowest BCUT2D eigenvalue weighted by molar-refractivity contribution is -0.111. The third kappa shape index (κ3) is 5.58. The second-order valence-corrected chi connectivity index (χ2v) is 8.99. The van der Waals surface area contributed by atoms with Crippen molar-refractivity contribution in [2.45, 2.75) is 39.0 Å². The first kappa shape index (κ1) is 22.1. The molecule has 0 saturated carbocycles. The van der Waals surface area contributed by atoms with Gasteiger partial charge in [0, 0.05) is 43.6 Å². The molecule has 0 radical (unpaired) electrons. The number of carbonyl (C=O) groups excluding carboxylic acids is 2. The van der Waals surface area contributed by atoms with Crippen molar-refractivity contribution in [3.63, 3.8) is 0 Å². The number of hydrogen-bond donors (Lipinski definition) is 1. The first-order valence-electron chi connectivity index (χ1n) is 11.8. The smallest absolute Gasteiger partial charge is 0.256 e. The highest BCUT2D eigenvalue weighted by atomic mass is 16.2. The summed E-state index contributed by atoms with van der Waals surface area (Å²) in [6, 6.07) is 15.5. The van der Waals surface area contributed by atoms with Gasteiger partial charge >= 0.3 is 0 Å². The fourth-order valence-electron chi connectivity index (χ4n) is 4.50. The topological polar surface area (TPSA) is 52.7 Å². The molecule has 0 aliphatic carbocycles. The van der Waals surface area contributed by atoms with Crippen molar-refractivity contribution in [2.75, 3.05) is 36.4 Å². The van der Waals surface area contributed by atoms with Crippen molar-refractivity contribution in [1.29, 1.82) is 0 Å². The van der Waals surface area contributed by atoms with Gasteiger partial charge in [-0.15, -0.1) is 0 Å². The summed E-state index contributed by atoms with van der Waals surface area (Å²) in [5.74, 6) is 0.599. The van der Waals surface area contributed by atoms with Crippen molar-refractivity contribution in [3.05, 3.63) is 65.7 Å². The van der Waals surface area contributed by atoms with E-state index >= 15 is 0 Å². The molecule has 2 aliphatic rings. The molecular formula is C27H33N3O2. The summed E-state index contributed by atoms with van der Waals surface area (Å²) in [6.07, 6.45) is 8.90. The van der Waals surface area contributed by atoms with Crippen molar-refractivity contribution < 1.29 is 9.59 Å². The molecule has 4 rings (SSSR count). The quantitative estimate of drug-likeness (QED) is 0.662. The van der Waals surface area contributed by atoms with Crippen LogP contribution < -0.4 is 10.2 Å². The first-order chi connectivity index (χ1) is 15.6. The largest absolute Gasteiger partial charge is 0.371 e. The van der Waals surface area contributed by atoms with E-state index in [1.807, 2.05) is 53.4 Å². The fraction of sp³-hybridized carbons (Fsp3) is 0.407. The Labute approximate surface area is 191 Å². The molecule has 1 N–H and O–H groups in total. The molecule has 2 heterocycles. The molecule has 0 unspecified atom stereocenters. The van der Waals surface area contributed by atoms with Crippen LogP contribution in [0.25, 0.3) is 6.08 Å². The van der Waals surface area contributed by atoms with Gasteiger partial charge in [0.15, 0.2) is 0 Å². The van der Waals surface area contributed by atoms with Crippen molar-refractivity contribution >= 4 is 29.3 Å². The van der Waals surface area contributed by atoms with Crippen LogP contribution in [-0.4, -0.2) is 42.9 Å². The summed E-state index contributed by atoms with van der Waals surface area (Å²) in [5.41, 5.74) is 3.32. The molecule has 5 nitrogen and oxygen atoms in total. The zero-order chi connectivity index (χ0) is 22.3.